The number of hydrogen-bond acceptors (Lipinski definition) is 6. The van der Waals surface area contributed by atoms with Crippen molar-refractivity contribution in [2.24, 2.45) is 23.2 Å². The van der Waals surface area contributed by atoms with Gasteiger partial charge in [0.2, 0.25) is 0 Å². The molecule has 0 aromatic heterocycles. The predicted molar refractivity (Wildman–Crippen MR) is 114 cm³/mol. The number of hydrogen-bond donors (Lipinski definition) is 3. The van der Waals surface area contributed by atoms with Gasteiger partial charge >= 0.3 is 6.09 Å². The fraction of sp³-hybridized carbons (Fsp3) is 0.625. The molecule has 0 aromatic carbocycles. The van der Waals surface area contributed by atoms with Crippen LogP contribution in [-0.4, -0.2) is 61.2 Å². The number of nitrogens with one attached hydrogen (secondary N) is 1. The number of methoxy groups -OCH3 is 1. The van der Waals surface area contributed by atoms with Gasteiger partial charge in [0, 0.05) is 12.3 Å². The van der Waals surface area contributed by atoms with Crippen molar-refractivity contribution < 1.29 is 29.2 Å². The van der Waals surface area contributed by atoms with E-state index < -0.39 is 41.3 Å². The number of carbonyl (C=O) groups excluding carboxylic acids is 1. The molecule has 3 N–H and O–H groups in total. The van der Waals surface area contributed by atoms with Crippen molar-refractivity contribution in [3.05, 3.63) is 23.8 Å². The summed E-state index contributed by atoms with van der Waals surface area (Å²) in [6.07, 6.45) is 3.63. The van der Waals surface area contributed by atoms with E-state index in [0.717, 1.165) is 5.57 Å². The number of fused-ring (bicyclic) bond motifs is 1. The molecular weight excluding hydrogens is 398 g/mol. The number of aliphatic hydroxyl groups is 2. The molecule has 0 radical (unpaired) electrons. The van der Waals surface area contributed by atoms with E-state index in [2.05, 4.69) is 49.8 Å². The molecule has 7 heteroatoms. The molecular formula is C24H31NO6. The van der Waals surface area contributed by atoms with Gasteiger partial charge in [0.25, 0.3) is 0 Å². The summed E-state index contributed by atoms with van der Waals surface area (Å²) in [6, 6.07) is -0.731. The smallest absolute Gasteiger partial charge is 0.407 e. The number of ether oxygens (including phenoxy) is 3. The van der Waals surface area contributed by atoms with Crippen LogP contribution < -0.4 is 5.32 Å². The third-order valence-corrected chi connectivity index (χ3v) is 6.74. The zero-order chi connectivity index (χ0) is 22.6. The third kappa shape index (κ3) is 4.37. The quantitative estimate of drug-likeness (QED) is 0.466. The van der Waals surface area contributed by atoms with E-state index in [0.29, 0.717) is 19.6 Å². The van der Waals surface area contributed by atoms with Crippen LogP contribution >= 0.6 is 0 Å². The first-order valence-electron chi connectivity index (χ1n) is 10.6. The Labute approximate surface area is 183 Å². The van der Waals surface area contributed by atoms with Crippen LogP contribution in [-0.2, 0) is 14.2 Å². The molecule has 168 valence electrons. The Morgan fingerprint density at radius 2 is 1.97 bits per heavy atom. The number of allylic oxidation sites excluding steroid dienone is 2. The van der Waals surface area contributed by atoms with Crippen molar-refractivity contribution in [2.75, 3.05) is 26.9 Å². The van der Waals surface area contributed by atoms with Crippen molar-refractivity contribution in [2.45, 2.75) is 45.1 Å². The Hall–Kier alpha value is -2.29. The molecule has 31 heavy (non-hydrogen) atoms. The summed E-state index contributed by atoms with van der Waals surface area (Å²) in [5, 5.41) is 24.0. The second kappa shape index (κ2) is 9.46. The summed E-state index contributed by atoms with van der Waals surface area (Å²) in [6.45, 7) is 6.78. The molecule has 1 saturated carbocycles. The normalized spacial score (nSPS) is 36.0. The van der Waals surface area contributed by atoms with Gasteiger partial charge in [-0.05, 0) is 23.5 Å². The lowest BCUT2D eigenvalue weighted by atomic mass is 9.64. The maximum absolute atomic E-state index is 12.4. The molecule has 5 atom stereocenters. The Balaban J connectivity index is 2.30. The van der Waals surface area contributed by atoms with Crippen molar-refractivity contribution in [1.82, 2.24) is 5.32 Å². The topological polar surface area (TPSA) is 97.3 Å². The standard InChI is InChI=1S/C24H31NO6/c1-16(2)23(3)15-24(30-13-14-31-24)21(25-22(28)29-4)17-9-7-5-6-8-10-19(27)20(17)18(23)11-12-26/h5-6,11,16-17,19-21,26-27H,12-15H2,1-4H3,(H,25,28)/b6-5-,18-11+/t17?,19-,20?,21?,23-/m0/s1. The van der Waals surface area contributed by atoms with Gasteiger partial charge in [0.05, 0.1) is 32.8 Å². The van der Waals surface area contributed by atoms with E-state index in [4.69, 9.17) is 14.2 Å². The monoisotopic (exact) mass is 429 g/mol. The van der Waals surface area contributed by atoms with Gasteiger partial charge in [-0.1, -0.05) is 56.1 Å². The van der Waals surface area contributed by atoms with Gasteiger partial charge in [-0.3, -0.25) is 0 Å². The van der Waals surface area contributed by atoms with E-state index in [1.165, 1.54) is 7.11 Å². The summed E-state index contributed by atoms with van der Waals surface area (Å²) in [5.41, 5.74) is 0.301. The molecule has 3 unspecified atom stereocenters. The number of carbonyl (C=O) groups is 1. The molecule has 3 rings (SSSR count). The molecule has 1 spiro atoms. The van der Waals surface area contributed by atoms with Crippen molar-refractivity contribution >= 4 is 6.09 Å². The van der Waals surface area contributed by atoms with E-state index in [1.807, 2.05) is 0 Å². The fourth-order valence-corrected chi connectivity index (χ4v) is 4.91. The van der Waals surface area contributed by atoms with E-state index in [9.17, 15) is 15.0 Å². The van der Waals surface area contributed by atoms with E-state index in [-0.39, 0.29) is 12.5 Å². The summed E-state index contributed by atoms with van der Waals surface area (Å²) in [4.78, 5) is 12.4. The lowest BCUT2D eigenvalue weighted by molar-refractivity contribution is -0.200. The highest BCUT2D eigenvalue weighted by Gasteiger charge is 2.60. The molecule has 1 saturated heterocycles. The molecule has 0 bridgehead atoms. The van der Waals surface area contributed by atoms with Gasteiger partial charge in [-0.15, -0.1) is 0 Å². The summed E-state index contributed by atoms with van der Waals surface area (Å²) in [7, 11) is 1.29. The van der Waals surface area contributed by atoms with Crippen LogP contribution in [0.1, 0.15) is 27.2 Å². The Morgan fingerprint density at radius 1 is 1.32 bits per heavy atom. The van der Waals surface area contributed by atoms with Crippen LogP contribution in [0.3, 0.4) is 0 Å². The van der Waals surface area contributed by atoms with Gasteiger partial charge in [-0.2, -0.15) is 0 Å². The first-order valence-corrected chi connectivity index (χ1v) is 10.6. The highest BCUT2D eigenvalue weighted by Crippen LogP contribution is 2.55. The zero-order valence-corrected chi connectivity index (χ0v) is 18.5. The Morgan fingerprint density at radius 3 is 2.55 bits per heavy atom. The number of alkyl carbamates (subject to hydrolysis) is 1. The minimum absolute atomic E-state index is 0.103. The van der Waals surface area contributed by atoms with Crippen molar-refractivity contribution in [3.8, 4) is 23.7 Å². The average Bonchev–Trinajstić information content (AvgIpc) is 3.20. The van der Waals surface area contributed by atoms with Crippen LogP contribution in [0.25, 0.3) is 0 Å². The molecule has 1 heterocycles. The van der Waals surface area contributed by atoms with E-state index >= 15 is 0 Å². The molecule has 0 aromatic rings. The van der Waals surface area contributed by atoms with Crippen LogP contribution in [0.2, 0.25) is 0 Å². The first-order chi connectivity index (χ1) is 14.8. The highest BCUT2D eigenvalue weighted by molar-refractivity contribution is 5.68. The van der Waals surface area contributed by atoms with Crippen LogP contribution in [0, 0.1) is 46.9 Å². The maximum atomic E-state index is 12.4. The van der Waals surface area contributed by atoms with Crippen LogP contribution in [0.5, 0.6) is 0 Å². The van der Waals surface area contributed by atoms with Crippen molar-refractivity contribution in [1.29, 1.82) is 0 Å². The van der Waals surface area contributed by atoms with Crippen molar-refractivity contribution in [3.63, 3.8) is 0 Å². The fourth-order valence-electron chi connectivity index (χ4n) is 4.91. The molecule has 2 fully saturated rings. The highest BCUT2D eigenvalue weighted by atomic mass is 16.7. The molecule has 1 amide bonds. The average molecular weight is 430 g/mol. The van der Waals surface area contributed by atoms with Gasteiger partial charge in [0.15, 0.2) is 5.79 Å². The minimum Gasteiger partial charge on any atom is -0.453 e. The third-order valence-electron chi connectivity index (χ3n) is 6.74. The second-order valence-electron chi connectivity index (χ2n) is 8.62. The summed E-state index contributed by atoms with van der Waals surface area (Å²) >= 11 is 0. The maximum Gasteiger partial charge on any atom is 0.407 e. The van der Waals surface area contributed by atoms with E-state index in [1.54, 1.807) is 18.2 Å². The second-order valence-corrected chi connectivity index (χ2v) is 8.62. The van der Waals surface area contributed by atoms with Crippen LogP contribution in [0.4, 0.5) is 4.79 Å². The predicted octanol–water partition coefficient (Wildman–Crippen LogP) is 1.61. The number of rotatable bonds is 3. The van der Waals surface area contributed by atoms with Gasteiger partial charge in [0.1, 0.15) is 12.1 Å². The van der Waals surface area contributed by atoms with Gasteiger partial charge in [-0.25, -0.2) is 4.79 Å². The molecule has 2 aliphatic carbocycles. The van der Waals surface area contributed by atoms with Gasteiger partial charge < -0.3 is 29.7 Å². The SMILES string of the molecule is COC(=O)NC1C2C#C/C=C\C#C[C@H](O)C2/C(=C\CO)[C@](C)(C(C)C)CC12OCCO2. The number of amides is 1. The zero-order valence-electron chi connectivity index (χ0n) is 18.5. The largest absolute Gasteiger partial charge is 0.453 e. The summed E-state index contributed by atoms with van der Waals surface area (Å²) < 4.78 is 17.3. The minimum atomic E-state index is -1.17. The lowest BCUT2D eigenvalue weighted by Gasteiger charge is -2.42. The molecule has 1 aliphatic heterocycles. The molecule has 3 aliphatic rings. The molecule has 7 nitrogen and oxygen atoms in total. The lowest BCUT2D eigenvalue weighted by Crippen LogP contribution is -2.58. The summed E-state index contributed by atoms with van der Waals surface area (Å²) in [5.74, 6) is 9.63. The van der Waals surface area contributed by atoms with Crippen LogP contribution in [0.15, 0.2) is 23.8 Å². The Bertz CT molecular complexity index is 864. The number of aliphatic hydroxyl groups excluding tert-OH is 2. The first kappa shape index (κ1) is 23.4. The Kier molecular flexibility index (Phi) is 7.13.